The molecule has 30 heavy (non-hydrogen) atoms. The van der Waals surface area contributed by atoms with Crippen molar-refractivity contribution < 1.29 is 9.59 Å². The predicted molar refractivity (Wildman–Crippen MR) is 120 cm³/mol. The molecule has 0 atom stereocenters. The van der Waals surface area contributed by atoms with Gasteiger partial charge in [-0.25, -0.2) is 4.79 Å². The molecule has 0 aromatic heterocycles. The SMILES string of the molecule is Cc1cccc(N2CCN(C(=O)Nc3ccc(CN4CCCC4=O)cc3)CC2)c1C. The quantitative estimate of drug-likeness (QED) is 0.841. The normalized spacial score (nSPS) is 16.9. The Balaban J connectivity index is 1.29. The van der Waals surface area contributed by atoms with Crippen LogP contribution in [0.2, 0.25) is 0 Å². The molecule has 3 amide bonds. The molecule has 2 heterocycles. The number of piperazine rings is 1. The number of amides is 3. The predicted octanol–water partition coefficient (Wildman–Crippen LogP) is 3.78. The molecule has 0 spiro atoms. The second-order valence-electron chi connectivity index (χ2n) is 8.24. The molecule has 0 radical (unpaired) electrons. The third kappa shape index (κ3) is 4.42. The van der Waals surface area contributed by atoms with Gasteiger partial charge in [0.1, 0.15) is 0 Å². The van der Waals surface area contributed by atoms with E-state index in [0.717, 1.165) is 37.3 Å². The first kappa shape index (κ1) is 20.3. The first-order valence-corrected chi connectivity index (χ1v) is 10.7. The average molecular weight is 407 g/mol. The highest BCUT2D eigenvalue weighted by atomic mass is 16.2. The van der Waals surface area contributed by atoms with Crippen molar-refractivity contribution in [1.29, 1.82) is 0 Å². The minimum Gasteiger partial charge on any atom is -0.368 e. The van der Waals surface area contributed by atoms with E-state index in [1.54, 1.807) is 0 Å². The number of benzene rings is 2. The van der Waals surface area contributed by atoms with Crippen LogP contribution in [0.1, 0.15) is 29.5 Å². The molecule has 158 valence electrons. The Bertz CT molecular complexity index is 917. The summed E-state index contributed by atoms with van der Waals surface area (Å²) in [6, 6.07) is 14.1. The third-order valence-electron chi connectivity index (χ3n) is 6.23. The van der Waals surface area contributed by atoms with Gasteiger partial charge in [-0.2, -0.15) is 0 Å². The van der Waals surface area contributed by atoms with Gasteiger partial charge in [0.25, 0.3) is 0 Å². The molecule has 0 unspecified atom stereocenters. The topological polar surface area (TPSA) is 55.9 Å². The van der Waals surface area contributed by atoms with Crippen molar-refractivity contribution in [3.8, 4) is 0 Å². The number of hydrogen-bond donors (Lipinski definition) is 1. The van der Waals surface area contributed by atoms with Crippen LogP contribution in [-0.2, 0) is 11.3 Å². The summed E-state index contributed by atoms with van der Waals surface area (Å²) in [6.45, 7) is 8.85. The van der Waals surface area contributed by atoms with Crippen LogP contribution in [-0.4, -0.2) is 54.5 Å². The number of likely N-dealkylation sites (tertiary alicyclic amines) is 1. The largest absolute Gasteiger partial charge is 0.368 e. The Kier molecular flexibility index (Phi) is 5.93. The Morgan fingerprint density at radius 1 is 0.967 bits per heavy atom. The molecule has 0 aliphatic carbocycles. The highest BCUT2D eigenvalue weighted by Gasteiger charge is 2.23. The van der Waals surface area contributed by atoms with E-state index in [4.69, 9.17) is 0 Å². The zero-order chi connectivity index (χ0) is 21.1. The number of nitrogens with one attached hydrogen (secondary N) is 1. The number of aryl methyl sites for hydroxylation is 1. The molecule has 1 N–H and O–H groups in total. The molecule has 0 bridgehead atoms. The molecule has 2 aliphatic rings. The van der Waals surface area contributed by atoms with Crippen molar-refractivity contribution in [1.82, 2.24) is 9.80 Å². The molecule has 2 saturated heterocycles. The lowest BCUT2D eigenvalue weighted by Crippen LogP contribution is -2.50. The molecular weight excluding hydrogens is 376 g/mol. The van der Waals surface area contributed by atoms with E-state index in [-0.39, 0.29) is 11.9 Å². The summed E-state index contributed by atoms with van der Waals surface area (Å²) in [6.07, 6.45) is 1.61. The molecule has 6 nitrogen and oxygen atoms in total. The summed E-state index contributed by atoms with van der Waals surface area (Å²) in [5.74, 6) is 0.229. The second-order valence-corrected chi connectivity index (χ2v) is 8.24. The number of hydrogen-bond acceptors (Lipinski definition) is 3. The molecule has 2 aliphatic heterocycles. The van der Waals surface area contributed by atoms with E-state index in [1.165, 1.54) is 16.8 Å². The van der Waals surface area contributed by atoms with Gasteiger partial charge < -0.3 is 20.0 Å². The summed E-state index contributed by atoms with van der Waals surface area (Å²) >= 11 is 0. The summed E-state index contributed by atoms with van der Waals surface area (Å²) in [5.41, 5.74) is 5.75. The van der Waals surface area contributed by atoms with Crippen molar-refractivity contribution >= 4 is 23.3 Å². The number of urea groups is 1. The summed E-state index contributed by atoms with van der Waals surface area (Å²) < 4.78 is 0. The van der Waals surface area contributed by atoms with Gasteiger partial charge in [-0.3, -0.25) is 4.79 Å². The number of carbonyl (C=O) groups is 2. The van der Waals surface area contributed by atoms with Crippen LogP contribution in [0, 0.1) is 13.8 Å². The van der Waals surface area contributed by atoms with Gasteiger partial charge in [-0.05, 0) is 55.2 Å². The molecular formula is C24H30N4O2. The van der Waals surface area contributed by atoms with Gasteiger partial charge in [-0.1, -0.05) is 24.3 Å². The van der Waals surface area contributed by atoms with Crippen LogP contribution in [0.25, 0.3) is 0 Å². The van der Waals surface area contributed by atoms with E-state index in [0.29, 0.717) is 26.1 Å². The number of nitrogens with zero attached hydrogens (tertiary/aromatic N) is 3. The van der Waals surface area contributed by atoms with E-state index in [9.17, 15) is 9.59 Å². The summed E-state index contributed by atoms with van der Waals surface area (Å²) in [7, 11) is 0. The standard InChI is InChI=1S/C24H30N4O2/c1-18-5-3-6-22(19(18)2)26-13-15-27(16-14-26)24(30)25-21-10-8-20(9-11-21)17-28-12-4-7-23(28)29/h3,5-6,8-11H,4,7,12-17H2,1-2H3,(H,25,30). The Morgan fingerprint density at radius 2 is 1.70 bits per heavy atom. The fraction of sp³-hybridized carbons (Fsp3) is 0.417. The maximum Gasteiger partial charge on any atom is 0.321 e. The fourth-order valence-corrected chi connectivity index (χ4v) is 4.22. The minimum atomic E-state index is -0.0573. The van der Waals surface area contributed by atoms with Gasteiger partial charge >= 0.3 is 6.03 Å². The van der Waals surface area contributed by atoms with Crippen LogP contribution in [0.15, 0.2) is 42.5 Å². The van der Waals surface area contributed by atoms with Gasteiger partial charge in [0.05, 0.1) is 0 Å². The molecule has 0 saturated carbocycles. The monoisotopic (exact) mass is 406 g/mol. The smallest absolute Gasteiger partial charge is 0.321 e. The van der Waals surface area contributed by atoms with Crippen LogP contribution in [0.5, 0.6) is 0 Å². The van der Waals surface area contributed by atoms with Crippen LogP contribution in [0.4, 0.5) is 16.2 Å². The molecule has 2 aromatic rings. The Labute approximate surface area is 178 Å². The molecule has 4 rings (SSSR count). The lowest BCUT2D eigenvalue weighted by atomic mass is 10.1. The average Bonchev–Trinajstić information content (AvgIpc) is 3.16. The number of carbonyl (C=O) groups excluding carboxylic acids is 2. The van der Waals surface area contributed by atoms with Crippen LogP contribution in [0.3, 0.4) is 0 Å². The first-order chi connectivity index (χ1) is 14.5. The third-order valence-corrected chi connectivity index (χ3v) is 6.23. The highest BCUT2D eigenvalue weighted by Crippen LogP contribution is 2.24. The molecule has 2 fully saturated rings. The van der Waals surface area contributed by atoms with Crippen molar-refractivity contribution in [2.75, 3.05) is 42.9 Å². The van der Waals surface area contributed by atoms with Gasteiger partial charge in [-0.15, -0.1) is 0 Å². The Morgan fingerprint density at radius 3 is 2.37 bits per heavy atom. The van der Waals surface area contributed by atoms with Crippen molar-refractivity contribution in [2.24, 2.45) is 0 Å². The Hall–Kier alpha value is -3.02. The fourth-order valence-electron chi connectivity index (χ4n) is 4.22. The van der Waals surface area contributed by atoms with Crippen LogP contribution < -0.4 is 10.2 Å². The van der Waals surface area contributed by atoms with E-state index >= 15 is 0 Å². The molecule has 2 aromatic carbocycles. The second kappa shape index (κ2) is 8.78. The van der Waals surface area contributed by atoms with Gasteiger partial charge in [0.15, 0.2) is 0 Å². The van der Waals surface area contributed by atoms with Crippen molar-refractivity contribution in [3.05, 3.63) is 59.2 Å². The maximum absolute atomic E-state index is 12.7. The highest BCUT2D eigenvalue weighted by molar-refractivity contribution is 5.89. The zero-order valence-corrected chi connectivity index (χ0v) is 17.9. The van der Waals surface area contributed by atoms with Crippen LogP contribution >= 0.6 is 0 Å². The van der Waals surface area contributed by atoms with Gasteiger partial charge in [0.2, 0.25) is 5.91 Å². The van der Waals surface area contributed by atoms with E-state index in [1.807, 2.05) is 34.1 Å². The zero-order valence-electron chi connectivity index (χ0n) is 17.9. The maximum atomic E-state index is 12.7. The number of anilines is 2. The van der Waals surface area contributed by atoms with E-state index < -0.39 is 0 Å². The van der Waals surface area contributed by atoms with Crippen molar-refractivity contribution in [3.63, 3.8) is 0 Å². The van der Waals surface area contributed by atoms with E-state index in [2.05, 4.69) is 42.3 Å². The molecule has 6 heteroatoms. The summed E-state index contributed by atoms with van der Waals surface area (Å²) in [5, 5.41) is 3.00. The first-order valence-electron chi connectivity index (χ1n) is 10.7. The minimum absolute atomic E-state index is 0.0573. The van der Waals surface area contributed by atoms with Gasteiger partial charge in [0, 0.05) is 57.1 Å². The summed E-state index contributed by atoms with van der Waals surface area (Å²) in [4.78, 5) is 30.6. The lowest BCUT2D eigenvalue weighted by molar-refractivity contribution is -0.128. The van der Waals surface area contributed by atoms with Crippen molar-refractivity contribution in [2.45, 2.75) is 33.2 Å². The number of rotatable bonds is 4. The lowest BCUT2D eigenvalue weighted by Gasteiger charge is -2.37.